The first kappa shape index (κ1) is 13.8. The summed E-state index contributed by atoms with van der Waals surface area (Å²) in [7, 11) is 0. The van der Waals surface area contributed by atoms with Crippen molar-refractivity contribution in [1.29, 1.82) is 0 Å². The van der Waals surface area contributed by atoms with Crippen LogP contribution in [0.2, 0.25) is 0 Å². The standard InChI is InChI=1S/C13H10BrIN2S/c14-8-4-3-7-11(12(8)13(16)18)17-10-6-2-1-5-9(10)15/h1-7,17H,(H2,16,18). The summed E-state index contributed by atoms with van der Waals surface area (Å²) in [6, 6.07) is 13.9. The number of nitrogens with one attached hydrogen (secondary N) is 1. The number of rotatable bonds is 3. The molecular weight excluding hydrogens is 423 g/mol. The molecular formula is C13H10BrIN2S. The molecule has 0 aliphatic rings. The van der Waals surface area contributed by atoms with Gasteiger partial charge in [0, 0.05) is 19.3 Å². The second-order valence-corrected chi connectivity index (χ2v) is 6.09. The van der Waals surface area contributed by atoms with Gasteiger partial charge in [0.1, 0.15) is 4.99 Å². The summed E-state index contributed by atoms with van der Waals surface area (Å²) in [4.78, 5) is 0.371. The van der Waals surface area contributed by atoms with E-state index >= 15 is 0 Å². The second-order valence-electron chi connectivity index (χ2n) is 3.63. The molecule has 0 aliphatic carbocycles. The molecule has 0 amide bonds. The lowest BCUT2D eigenvalue weighted by molar-refractivity contribution is 1.48. The Morgan fingerprint density at radius 2 is 1.78 bits per heavy atom. The van der Waals surface area contributed by atoms with Crippen molar-refractivity contribution in [3.8, 4) is 0 Å². The van der Waals surface area contributed by atoms with E-state index in [1.807, 2.05) is 42.5 Å². The van der Waals surface area contributed by atoms with Crippen LogP contribution in [-0.4, -0.2) is 4.99 Å². The summed E-state index contributed by atoms with van der Waals surface area (Å²) >= 11 is 10.8. The predicted molar refractivity (Wildman–Crippen MR) is 92.5 cm³/mol. The third kappa shape index (κ3) is 3.02. The van der Waals surface area contributed by atoms with Gasteiger partial charge in [-0.05, 0) is 62.8 Å². The first-order chi connectivity index (χ1) is 8.59. The van der Waals surface area contributed by atoms with Crippen LogP contribution in [0.15, 0.2) is 46.9 Å². The Hall–Kier alpha value is -0.660. The molecule has 0 unspecified atom stereocenters. The van der Waals surface area contributed by atoms with Gasteiger partial charge in [0.25, 0.3) is 0 Å². The lowest BCUT2D eigenvalue weighted by atomic mass is 10.1. The Balaban J connectivity index is 2.44. The summed E-state index contributed by atoms with van der Waals surface area (Å²) in [6.45, 7) is 0. The summed E-state index contributed by atoms with van der Waals surface area (Å²) in [5.41, 5.74) is 8.53. The number of benzene rings is 2. The molecule has 3 N–H and O–H groups in total. The van der Waals surface area contributed by atoms with Crippen LogP contribution in [0.5, 0.6) is 0 Å². The van der Waals surface area contributed by atoms with Crippen molar-refractivity contribution in [2.45, 2.75) is 0 Å². The van der Waals surface area contributed by atoms with E-state index in [-0.39, 0.29) is 0 Å². The van der Waals surface area contributed by atoms with Crippen molar-refractivity contribution in [2.75, 3.05) is 5.32 Å². The molecule has 0 saturated heterocycles. The van der Waals surface area contributed by atoms with Crippen LogP contribution >= 0.6 is 50.7 Å². The van der Waals surface area contributed by atoms with Crippen molar-refractivity contribution in [3.63, 3.8) is 0 Å². The first-order valence-electron chi connectivity index (χ1n) is 5.19. The molecule has 2 aromatic rings. The number of thiocarbonyl (C=S) groups is 1. The molecule has 18 heavy (non-hydrogen) atoms. The van der Waals surface area contributed by atoms with E-state index in [4.69, 9.17) is 18.0 Å². The minimum atomic E-state index is 0.371. The maximum absolute atomic E-state index is 5.77. The summed E-state index contributed by atoms with van der Waals surface area (Å²) < 4.78 is 2.04. The summed E-state index contributed by atoms with van der Waals surface area (Å²) in [5.74, 6) is 0. The van der Waals surface area contributed by atoms with E-state index in [1.54, 1.807) is 0 Å². The minimum absolute atomic E-state index is 0.371. The van der Waals surface area contributed by atoms with Crippen LogP contribution in [0.4, 0.5) is 11.4 Å². The number of nitrogens with two attached hydrogens (primary N) is 1. The van der Waals surface area contributed by atoms with E-state index in [0.717, 1.165) is 25.0 Å². The monoisotopic (exact) mass is 432 g/mol. The fourth-order valence-electron chi connectivity index (χ4n) is 1.59. The zero-order valence-corrected chi connectivity index (χ0v) is 13.8. The molecule has 92 valence electrons. The zero-order chi connectivity index (χ0) is 13.1. The Kier molecular flexibility index (Phi) is 4.58. The van der Waals surface area contributed by atoms with Crippen molar-refractivity contribution in [1.82, 2.24) is 0 Å². The van der Waals surface area contributed by atoms with Gasteiger partial charge in [-0.3, -0.25) is 0 Å². The Bertz CT molecular complexity index is 601. The SMILES string of the molecule is NC(=S)c1c(Br)cccc1Nc1ccccc1I. The average molecular weight is 433 g/mol. The molecule has 2 rings (SSSR count). The average Bonchev–Trinajstić information content (AvgIpc) is 2.31. The third-order valence-electron chi connectivity index (χ3n) is 2.40. The minimum Gasteiger partial charge on any atom is -0.389 e. The Morgan fingerprint density at radius 3 is 2.44 bits per heavy atom. The summed E-state index contributed by atoms with van der Waals surface area (Å²) in [6.07, 6.45) is 0. The molecule has 5 heteroatoms. The number of hydrogen-bond donors (Lipinski definition) is 2. The highest BCUT2D eigenvalue weighted by Gasteiger charge is 2.10. The van der Waals surface area contributed by atoms with Gasteiger partial charge in [-0.25, -0.2) is 0 Å². The quantitative estimate of drug-likeness (QED) is 0.556. The highest BCUT2D eigenvalue weighted by molar-refractivity contribution is 14.1. The third-order valence-corrected chi connectivity index (χ3v) is 4.21. The molecule has 2 nitrogen and oxygen atoms in total. The maximum Gasteiger partial charge on any atom is 0.107 e. The largest absolute Gasteiger partial charge is 0.389 e. The molecule has 0 bridgehead atoms. The lowest BCUT2D eigenvalue weighted by Gasteiger charge is -2.13. The van der Waals surface area contributed by atoms with E-state index in [0.29, 0.717) is 4.99 Å². The van der Waals surface area contributed by atoms with Gasteiger partial charge in [-0.15, -0.1) is 0 Å². The van der Waals surface area contributed by atoms with E-state index in [2.05, 4.69) is 43.8 Å². The topological polar surface area (TPSA) is 38.0 Å². The molecule has 0 heterocycles. The Morgan fingerprint density at radius 1 is 1.11 bits per heavy atom. The van der Waals surface area contributed by atoms with Crippen LogP contribution < -0.4 is 11.1 Å². The molecule has 0 radical (unpaired) electrons. The van der Waals surface area contributed by atoms with E-state index in [9.17, 15) is 0 Å². The van der Waals surface area contributed by atoms with E-state index < -0.39 is 0 Å². The predicted octanol–water partition coefficient (Wildman–Crippen LogP) is 4.43. The molecule has 0 saturated carbocycles. The van der Waals surface area contributed by atoms with Crippen LogP contribution in [0.25, 0.3) is 0 Å². The van der Waals surface area contributed by atoms with Crippen LogP contribution in [0, 0.1) is 3.57 Å². The molecule has 2 aromatic carbocycles. The van der Waals surface area contributed by atoms with Crippen molar-refractivity contribution in [3.05, 3.63) is 56.1 Å². The molecule has 0 aromatic heterocycles. The highest BCUT2D eigenvalue weighted by Crippen LogP contribution is 2.29. The van der Waals surface area contributed by atoms with Gasteiger partial charge in [0.05, 0.1) is 5.69 Å². The van der Waals surface area contributed by atoms with Crippen molar-refractivity contribution >= 4 is 67.1 Å². The maximum atomic E-state index is 5.77. The van der Waals surface area contributed by atoms with Crippen molar-refractivity contribution < 1.29 is 0 Å². The second kappa shape index (κ2) is 5.99. The number of halogens is 2. The molecule has 0 aliphatic heterocycles. The normalized spacial score (nSPS) is 10.1. The Labute approximate surface area is 133 Å². The summed E-state index contributed by atoms with van der Waals surface area (Å²) in [5, 5.41) is 3.36. The molecule has 0 spiro atoms. The zero-order valence-electron chi connectivity index (χ0n) is 9.28. The van der Waals surface area contributed by atoms with Gasteiger partial charge < -0.3 is 11.1 Å². The molecule has 0 fully saturated rings. The fraction of sp³-hybridized carbons (Fsp3) is 0. The highest BCUT2D eigenvalue weighted by atomic mass is 127. The smallest absolute Gasteiger partial charge is 0.107 e. The van der Waals surface area contributed by atoms with Gasteiger partial charge in [-0.1, -0.05) is 30.4 Å². The number of anilines is 2. The molecule has 0 atom stereocenters. The van der Waals surface area contributed by atoms with Crippen LogP contribution in [0.3, 0.4) is 0 Å². The van der Waals surface area contributed by atoms with Crippen molar-refractivity contribution in [2.24, 2.45) is 5.73 Å². The fourth-order valence-corrected chi connectivity index (χ4v) is 3.04. The van der Waals surface area contributed by atoms with Crippen LogP contribution in [-0.2, 0) is 0 Å². The van der Waals surface area contributed by atoms with Gasteiger partial charge in [0.2, 0.25) is 0 Å². The van der Waals surface area contributed by atoms with Gasteiger partial charge >= 0.3 is 0 Å². The lowest BCUT2D eigenvalue weighted by Crippen LogP contribution is -2.13. The van der Waals surface area contributed by atoms with Gasteiger partial charge in [-0.2, -0.15) is 0 Å². The first-order valence-corrected chi connectivity index (χ1v) is 7.47. The van der Waals surface area contributed by atoms with Gasteiger partial charge in [0.15, 0.2) is 0 Å². The number of hydrogen-bond acceptors (Lipinski definition) is 2. The van der Waals surface area contributed by atoms with Crippen LogP contribution in [0.1, 0.15) is 5.56 Å². The van der Waals surface area contributed by atoms with E-state index in [1.165, 1.54) is 0 Å². The number of para-hydroxylation sites is 1.